The quantitative estimate of drug-likeness (QED) is 0.726. The summed E-state index contributed by atoms with van der Waals surface area (Å²) in [6.45, 7) is 8.43. The summed E-state index contributed by atoms with van der Waals surface area (Å²) >= 11 is 0. The minimum atomic E-state index is -0.370. The molecular weight excluding hydrogens is 383 g/mol. The Labute approximate surface area is 177 Å². The minimum absolute atomic E-state index is 0.0331. The van der Waals surface area contributed by atoms with Crippen molar-refractivity contribution in [3.8, 4) is 0 Å². The van der Waals surface area contributed by atoms with Crippen molar-refractivity contribution in [2.45, 2.75) is 26.9 Å². The molecule has 2 amide bonds. The molecule has 1 unspecified atom stereocenters. The second-order valence-corrected chi connectivity index (χ2v) is 8.22. The van der Waals surface area contributed by atoms with E-state index in [9.17, 15) is 14.0 Å². The number of morpholine rings is 1. The van der Waals surface area contributed by atoms with Crippen LogP contribution in [0.5, 0.6) is 0 Å². The summed E-state index contributed by atoms with van der Waals surface area (Å²) in [4.78, 5) is 29.4. The third-order valence-electron chi connectivity index (χ3n) is 5.11. The van der Waals surface area contributed by atoms with Crippen molar-refractivity contribution in [3.63, 3.8) is 0 Å². The molecule has 1 aliphatic rings. The molecule has 160 valence electrons. The van der Waals surface area contributed by atoms with Crippen LogP contribution in [0.4, 0.5) is 4.39 Å². The zero-order valence-corrected chi connectivity index (χ0v) is 17.8. The molecule has 0 spiro atoms. The van der Waals surface area contributed by atoms with Crippen LogP contribution >= 0.6 is 0 Å². The van der Waals surface area contributed by atoms with Gasteiger partial charge in [0.1, 0.15) is 5.82 Å². The molecule has 0 aromatic heterocycles. The second-order valence-electron chi connectivity index (χ2n) is 8.22. The summed E-state index contributed by atoms with van der Waals surface area (Å²) in [6.07, 6.45) is -0.267. The Morgan fingerprint density at radius 1 is 1.10 bits per heavy atom. The van der Waals surface area contributed by atoms with Gasteiger partial charge in [0.25, 0.3) is 11.8 Å². The molecule has 1 saturated heterocycles. The van der Waals surface area contributed by atoms with E-state index in [2.05, 4.69) is 13.8 Å². The normalized spacial score (nSPS) is 16.6. The second kappa shape index (κ2) is 9.85. The Balaban J connectivity index is 1.69. The van der Waals surface area contributed by atoms with E-state index < -0.39 is 0 Å². The lowest BCUT2D eigenvalue weighted by Crippen LogP contribution is -2.51. The lowest BCUT2D eigenvalue weighted by Gasteiger charge is -2.36. The number of benzene rings is 2. The standard InChI is InChI=1S/C24H29FN2O3/c1-17(2)14-27(24(29)19-6-4-18(3)5-7-19)16-22-15-26(12-13-30-22)23(28)20-8-10-21(25)11-9-20/h4-11,17,22H,12-16H2,1-3H3. The number of carbonyl (C=O) groups is 2. The molecule has 0 bridgehead atoms. The highest BCUT2D eigenvalue weighted by molar-refractivity contribution is 5.95. The monoisotopic (exact) mass is 412 g/mol. The van der Waals surface area contributed by atoms with E-state index in [1.165, 1.54) is 24.3 Å². The smallest absolute Gasteiger partial charge is 0.254 e. The summed E-state index contributed by atoms with van der Waals surface area (Å²) in [5, 5.41) is 0. The van der Waals surface area contributed by atoms with Crippen LogP contribution in [0.15, 0.2) is 48.5 Å². The lowest BCUT2D eigenvalue weighted by molar-refractivity contribution is -0.0340. The highest BCUT2D eigenvalue weighted by Crippen LogP contribution is 2.15. The van der Waals surface area contributed by atoms with Crippen molar-refractivity contribution < 1.29 is 18.7 Å². The number of hydrogen-bond donors (Lipinski definition) is 0. The first-order valence-electron chi connectivity index (χ1n) is 10.4. The predicted molar refractivity (Wildman–Crippen MR) is 114 cm³/mol. The van der Waals surface area contributed by atoms with E-state index in [0.717, 1.165) is 5.56 Å². The van der Waals surface area contributed by atoms with Crippen LogP contribution in [-0.2, 0) is 4.74 Å². The van der Waals surface area contributed by atoms with E-state index in [1.54, 1.807) is 4.90 Å². The van der Waals surface area contributed by atoms with Crippen molar-refractivity contribution in [1.82, 2.24) is 9.80 Å². The van der Waals surface area contributed by atoms with Gasteiger partial charge in [0.2, 0.25) is 0 Å². The average Bonchev–Trinajstić information content (AvgIpc) is 2.73. The van der Waals surface area contributed by atoms with Crippen LogP contribution < -0.4 is 0 Å². The van der Waals surface area contributed by atoms with Gasteiger partial charge in [-0.2, -0.15) is 0 Å². The van der Waals surface area contributed by atoms with Crippen LogP contribution in [-0.4, -0.2) is 60.5 Å². The maximum Gasteiger partial charge on any atom is 0.254 e. The molecule has 1 fully saturated rings. The fourth-order valence-corrected chi connectivity index (χ4v) is 3.59. The Bertz CT molecular complexity index is 865. The number of halogens is 1. The molecule has 2 aromatic carbocycles. The van der Waals surface area contributed by atoms with Crippen molar-refractivity contribution in [2.24, 2.45) is 5.92 Å². The first-order chi connectivity index (χ1) is 14.3. The molecule has 1 aliphatic heterocycles. The van der Waals surface area contributed by atoms with Crippen LogP contribution in [0.2, 0.25) is 0 Å². The van der Waals surface area contributed by atoms with E-state index in [4.69, 9.17) is 4.74 Å². The zero-order chi connectivity index (χ0) is 21.7. The number of rotatable bonds is 6. The summed E-state index contributed by atoms with van der Waals surface area (Å²) in [5.74, 6) is -0.247. The Morgan fingerprint density at radius 2 is 1.73 bits per heavy atom. The van der Waals surface area contributed by atoms with Gasteiger partial charge in [-0.25, -0.2) is 4.39 Å². The van der Waals surface area contributed by atoms with Gasteiger partial charge >= 0.3 is 0 Å². The van der Waals surface area contributed by atoms with Crippen molar-refractivity contribution in [1.29, 1.82) is 0 Å². The molecule has 2 aromatic rings. The van der Waals surface area contributed by atoms with Crippen molar-refractivity contribution in [2.75, 3.05) is 32.8 Å². The van der Waals surface area contributed by atoms with Gasteiger partial charge < -0.3 is 14.5 Å². The molecule has 0 saturated carbocycles. The molecule has 6 heteroatoms. The predicted octanol–water partition coefficient (Wildman–Crippen LogP) is 3.77. The molecule has 0 aliphatic carbocycles. The Morgan fingerprint density at radius 3 is 2.37 bits per heavy atom. The molecule has 5 nitrogen and oxygen atoms in total. The summed E-state index contributed by atoms with van der Waals surface area (Å²) < 4.78 is 19.0. The zero-order valence-electron chi connectivity index (χ0n) is 17.8. The van der Waals surface area contributed by atoms with Gasteiger partial charge in [-0.1, -0.05) is 31.5 Å². The van der Waals surface area contributed by atoms with Crippen LogP contribution in [0, 0.1) is 18.7 Å². The number of carbonyl (C=O) groups excluding carboxylic acids is 2. The molecule has 0 N–H and O–H groups in total. The van der Waals surface area contributed by atoms with Crippen LogP contribution in [0.1, 0.15) is 40.1 Å². The number of amides is 2. The number of ether oxygens (including phenoxy) is 1. The molecule has 1 heterocycles. The molecule has 30 heavy (non-hydrogen) atoms. The Kier molecular flexibility index (Phi) is 7.21. The van der Waals surface area contributed by atoms with Gasteiger partial charge in [0, 0.05) is 37.3 Å². The fourth-order valence-electron chi connectivity index (χ4n) is 3.59. The highest BCUT2D eigenvalue weighted by atomic mass is 19.1. The number of nitrogens with zero attached hydrogens (tertiary/aromatic N) is 2. The first-order valence-corrected chi connectivity index (χ1v) is 10.4. The lowest BCUT2D eigenvalue weighted by atomic mass is 10.1. The van der Waals surface area contributed by atoms with Gasteiger partial charge in [-0.05, 0) is 49.2 Å². The summed E-state index contributed by atoms with van der Waals surface area (Å²) in [7, 11) is 0. The topological polar surface area (TPSA) is 49.9 Å². The van der Waals surface area contributed by atoms with E-state index >= 15 is 0 Å². The van der Waals surface area contributed by atoms with Gasteiger partial charge in [0.15, 0.2) is 0 Å². The number of aryl methyl sites for hydroxylation is 1. The van der Waals surface area contributed by atoms with Gasteiger partial charge in [0.05, 0.1) is 12.7 Å². The molecular formula is C24H29FN2O3. The van der Waals surface area contributed by atoms with Gasteiger partial charge in [-0.3, -0.25) is 9.59 Å². The molecule has 1 atom stereocenters. The minimum Gasteiger partial charge on any atom is -0.373 e. The number of hydrogen-bond acceptors (Lipinski definition) is 3. The van der Waals surface area contributed by atoms with Crippen molar-refractivity contribution in [3.05, 3.63) is 71.0 Å². The summed E-state index contributed by atoms with van der Waals surface area (Å²) in [5.41, 5.74) is 2.20. The highest BCUT2D eigenvalue weighted by Gasteiger charge is 2.28. The molecule has 3 rings (SSSR count). The third-order valence-corrected chi connectivity index (χ3v) is 5.11. The molecule has 0 radical (unpaired) electrons. The van der Waals surface area contributed by atoms with Gasteiger partial charge in [-0.15, -0.1) is 0 Å². The van der Waals surface area contributed by atoms with E-state index in [-0.39, 0.29) is 23.7 Å². The average molecular weight is 413 g/mol. The van der Waals surface area contributed by atoms with E-state index in [1.807, 2.05) is 36.1 Å². The Hall–Kier alpha value is -2.73. The SMILES string of the molecule is Cc1ccc(C(=O)N(CC(C)C)CC2CN(C(=O)c3ccc(F)cc3)CCO2)cc1. The van der Waals surface area contributed by atoms with Crippen LogP contribution in [0.25, 0.3) is 0 Å². The first kappa shape index (κ1) is 22.0. The largest absolute Gasteiger partial charge is 0.373 e. The van der Waals surface area contributed by atoms with Crippen LogP contribution in [0.3, 0.4) is 0 Å². The van der Waals surface area contributed by atoms with Crippen molar-refractivity contribution >= 4 is 11.8 Å². The maximum absolute atomic E-state index is 13.2. The summed E-state index contributed by atoms with van der Waals surface area (Å²) in [6, 6.07) is 13.1. The fraction of sp³-hybridized carbons (Fsp3) is 0.417. The maximum atomic E-state index is 13.2. The third kappa shape index (κ3) is 5.66. The van der Waals surface area contributed by atoms with E-state index in [0.29, 0.717) is 49.8 Å².